The SMILES string of the molecule is CCC(N)c1cn(-c2ccc(Br)c(C(F)(F)F)c2)nn1. The average Bonchev–Trinajstić information content (AvgIpc) is 2.86. The van der Waals surface area contributed by atoms with Crippen molar-refractivity contribution in [2.45, 2.75) is 25.6 Å². The van der Waals surface area contributed by atoms with E-state index in [0.29, 0.717) is 12.1 Å². The van der Waals surface area contributed by atoms with E-state index < -0.39 is 11.7 Å². The lowest BCUT2D eigenvalue weighted by Gasteiger charge is -2.10. The summed E-state index contributed by atoms with van der Waals surface area (Å²) >= 11 is 2.89. The highest BCUT2D eigenvalue weighted by Gasteiger charge is 2.33. The van der Waals surface area contributed by atoms with Crippen LogP contribution in [0, 0.1) is 0 Å². The largest absolute Gasteiger partial charge is 0.417 e. The van der Waals surface area contributed by atoms with E-state index >= 15 is 0 Å². The molecule has 20 heavy (non-hydrogen) atoms. The third-order valence-electron chi connectivity index (χ3n) is 2.85. The number of rotatable bonds is 3. The number of halogens is 4. The number of nitrogens with zero attached hydrogens (tertiary/aromatic N) is 3. The Labute approximate surface area is 121 Å². The standard InChI is InChI=1S/C12H12BrF3N4/c1-2-10(17)11-6-20(19-18-11)7-3-4-9(13)8(5-7)12(14,15)16/h3-6,10H,2,17H2,1H3. The smallest absolute Gasteiger partial charge is 0.323 e. The van der Waals surface area contributed by atoms with Gasteiger partial charge in [-0.15, -0.1) is 5.10 Å². The Morgan fingerprint density at radius 1 is 1.40 bits per heavy atom. The Morgan fingerprint density at radius 2 is 2.10 bits per heavy atom. The second-order valence-corrected chi connectivity index (χ2v) is 5.12. The van der Waals surface area contributed by atoms with Gasteiger partial charge in [-0.05, 0) is 24.6 Å². The molecule has 0 aliphatic heterocycles. The summed E-state index contributed by atoms with van der Waals surface area (Å²) in [4.78, 5) is 0. The summed E-state index contributed by atoms with van der Waals surface area (Å²) in [6.07, 6.45) is -2.22. The Hall–Kier alpha value is -1.41. The third-order valence-corrected chi connectivity index (χ3v) is 3.54. The van der Waals surface area contributed by atoms with Crippen LogP contribution in [0.3, 0.4) is 0 Å². The molecule has 2 aromatic rings. The first kappa shape index (κ1) is 15.0. The molecule has 4 nitrogen and oxygen atoms in total. The van der Waals surface area contributed by atoms with Crippen LogP contribution >= 0.6 is 15.9 Å². The maximum atomic E-state index is 12.8. The maximum Gasteiger partial charge on any atom is 0.417 e. The molecule has 0 saturated heterocycles. The molecule has 1 atom stereocenters. The monoisotopic (exact) mass is 348 g/mol. The summed E-state index contributed by atoms with van der Waals surface area (Å²) < 4.78 is 39.8. The van der Waals surface area contributed by atoms with Crippen molar-refractivity contribution in [2.75, 3.05) is 0 Å². The van der Waals surface area contributed by atoms with E-state index in [1.54, 1.807) is 0 Å². The summed E-state index contributed by atoms with van der Waals surface area (Å²) in [5, 5.41) is 7.68. The Balaban J connectivity index is 2.41. The topological polar surface area (TPSA) is 56.7 Å². The molecule has 1 unspecified atom stereocenters. The van der Waals surface area contributed by atoms with E-state index in [2.05, 4.69) is 26.2 Å². The van der Waals surface area contributed by atoms with Gasteiger partial charge in [0.2, 0.25) is 0 Å². The summed E-state index contributed by atoms with van der Waals surface area (Å²) in [6.45, 7) is 1.89. The second-order valence-electron chi connectivity index (χ2n) is 4.26. The van der Waals surface area contributed by atoms with Crippen molar-refractivity contribution in [1.29, 1.82) is 0 Å². The van der Waals surface area contributed by atoms with Crippen molar-refractivity contribution in [1.82, 2.24) is 15.0 Å². The molecule has 2 N–H and O–H groups in total. The fraction of sp³-hybridized carbons (Fsp3) is 0.333. The van der Waals surface area contributed by atoms with Gasteiger partial charge < -0.3 is 5.73 Å². The minimum absolute atomic E-state index is 0.0145. The van der Waals surface area contributed by atoms with Gasteiger partial charge in [-0.2, -0.15) is 13.2 Å². The van der Waals surface area contributed by atoms with E-state index in [9.17, 15) is 13.2 Å². The van der Waals surface area contributed by atoms with Crippen LogP contribution in [0.1, 0.15) is 30.6 Å². The van der Waals surface area contributed by atoms with E-state index in [1.807, 2.05) is 6.92 Å². The van der Waals surface area contributed by atoms with Crippen LogP contribution in [-0.2, 0) is 6.18 Å². The van der Waals surface area contributed by atoms with Crippen LogP contribution < -0.4 is 5.73 Å². The lowest BCUT2D eigenvalue weighted by Crippen LogP contribution is -2.09. The van der Waals surface area contributed by atoms with Crippen LogP contribution in [0.4, 0.5) is 13.2 Å². The average molecular weight is 349 g/mol. The van der Waals surface area contributed by atoms with Gasteiger partial charge in [-0.25, -0.2) is 4.68 Å². The number of hydrogen-bond donors (Lipinski definition) is 1. The normalized spacial score (nSPS) is 13.5. The highest BCUT2D eigenvalue weighted by molar-refractivity contribution is 9.10. The van der Waals surface area contributed by atoms with Gasteiger partial charge in [-0.1, -0.05) is 28.1 Å². The number of benzene rings is 1. The van der Waals surface area contributed by atoms with Crippen LogP contribution in [0.2, 0.25) is 0 Å². The van der Waals surface area contributed by atoms with Crippen molar-refractivity contribution in [3.8, 4) is 5.69 Å². The quantitative estimate of drug-likeness (QED) is 0.923. The molecule has 0 aliphatic carbocycles. The predicted octanol–water partition coefficient (Wildman–Crippen LogP) is 3.46. The van der Waals surface area contributed by atoms with Crippen molar-refractivity contribution in [2.24, 2.45) is 5.73 Å². The fourth-order valence-corrected chi connectivity index (χ4v) is 2.13. The molecular formula is C12H12BrF3N4. The van der Waals surface area contributed by atoms with Crippen molar-refractivity contribution in [3.63, 3.8) is 0 Å². The molecule has 0 spiro atoms. The summed E-state index contributed by atoms with van der Waals surface area (Å²) in [7, 11) is 0. The lowest BCUT2D eigenvalue weighted by atomic mass is 10.2. The Morgan fingerprint density at radius 3 is 2.70 bits per heavy atom. The molecule has 1 heterocycles. The van der Waals surface area contributed by atoms with Crippen molar-refractivity contribution < 1.29 is 13.2 Å². The maximum absolute atomic E-state index is 12.8. The van der Waals surface area contributed by atoms with E-state index in [4.69, 9.17) is 5.73 Å². The zero-order valence-corrected chi connectivity index (χ0v) is 12.1. The van der Waals surface area contributed by atoms with E-state index in [0.717, 1.165) is 6.07 Å². The number of aromatic nitrogens is 3. The Bertz CT molecular complexity index is 609. The van der Waals surface area contributed by atoms with Crippen molar-refractivity contribution >= 4 is 15.9 Å². The molecule has 1 aromatic carbocycles. The summed E-state index contributed by atoms with van der Waals surface area (Å²) in [5.41, 5.74) is 5.87. The molecule has 0 saturated carbocycles. The fourth-order valence-electron chi connectivity index (χ4n) is 1.65. The molecule has 1 aromatic heterocycles. The van der Waals surface area contributed by atoms with Gasteiger partial charge in [0.1, 0.15) is 0 Å². The molecule has 2 rings (SSSR count). The number of hydrogen-bond acceptors (Lipinski definition) is 3. The molecule has 108 valence electrons. The second kappa shape index (κ2) is 5.53. The molecule has 0 amide bonds. The molecule has 8 heteroatoms. The van der Waals surface area contributed by atoms with Crippen molar-refractivity contribution in [3.05, 3.63) is 40.1 Å². The van der Waals surface area contributed by atoms with Crippen LogP contribution in [0.5, 0.6) is 0 Å². The Kier molecular flexibility index (Phi) is 4.14. The predicted molar refractivity (Wildman–Crippen MR) is 71.3 cm³/mol. The van der Waals surface area contributed by atoms with Gasteiger partial charge in [0, 0.05) is 4.47 Å². The van der Waals surface area contributed by atoms with Gasteiger partial charge in [0.25, 0.3) is 0 Å². The van der Waals surface area contributed by atoms with Crippen LogP contribution in [0.15, 0.2) is 28.9 Å². The zero-order valence-electron chi connectivity index (χ0n) is 10.5. The molecule has 0 aliphatic rings. The van der Waals surface area contributed by atoms with E-state index in [-0.39, 0.29) is 16.2 Å². The number of nitrogens with two attached hydrogens (primary N) is 1. The third kappa shape index (κ3) is 3.01. The summed E-state index contributed by atoms with van der Waals surface area (Å²) in [5.74, 6) is 0. The first-order valence-electron chi connectivity index (χ1n) is 5.88. The van der Waals surface area contributed by atoms with Crippen LogP contribution in [-0.4, -0.2) is 15.0 Å². The first-order valence-corrected chi connectivity index (χ1v) is 6.67. The van der Waals surface area contributed by atoms with Gasteiger partial charge >= 0.3 is 6.18 Å². The molecule has 0 bridgehead atoms. The lowest BCUT2D eigenvalue weighted by molar-refractivity contribution is -0.138. The van der Waals surface area contributed by atoms with Crippen LogP contribution in [0.25, 0.3) is 5.69 Å². The first-order chi connectivity index (χ1) is 9.32. The molecule has 0 radical (unpaired) electrons. The van der Waals surface area contributed by atoms with Gasteiger partial charge in [0.15, 0.2) is 0 Å². The van der Waals surface area contributed by atoms with Gasteiger partial charge in [-0.3, -0.25) is 0 Å². The summed E-state index contributed by atoms with van der Waals surface area (Å²) in [6, 6.07) is 3.59. The number of alkyl halides is 3. The molecular weight excluding hydrogens is 337 g/mol. The highest BCUT2D eigenvalue weighted by Crippen LogP contribution is 2.35. The minimum Gasteiger partial charge on any atom is -0.323 e. The molecule has 0 fully saturated rings. The van der Waals surface area contributed by atoms with E-state index in [1.165, 1.54) is 23.0 Å². The minimum atomic E-state index is -4.43. The zero-order chi connectivity index (χ0) is 14.9. The highest BCUT2D eigenvalue weighted by atomic mass is 79.9. The van der Waals surface area contributed by atoms with Gasteiger partial charge in [0.05, 0.1) is 29.2 Å².